The second-order valence-corrected chi connectivity index (χ2v) is 7.24. The molecule has 144 valence electrons. The highest BCUT2D eigenvalue weighted by Gasteiger charge is 2.72. The predicted octanol–water partition coefficient (Wildman–Crippen LogP) is 1.47. The van der Waals surface area contributed by atoms with Crippen LogP contribution < -0.4 is 0 Å². The van der Waals surface area contributed by atoms with Crippen molar-refractivity contribution in [3.63, 3.8) is 0 Å². The van der Waals surface area contributed by atoms with Crippen LogP contribution in [0.15, 0.2) is 30.3 Å². The SMILES string of the molecule is CCOC(=O)[C@]12C(=O)N3[C@@H](c4ccccc4)OC[C@@H]3[C@H]1CC(=O)C[C@H]2OC. The molecule has 27 heavy (non-hydrogen) atoms. The van der Waals surface area contributed by atoms with Crippen molar-refractivity contribution in [3.05, 3.63) is 35.9 Å². The van der Waals surface area contributed by atoms with Gasteiger partial charge in [-0.1, -0.05) is 30.3 Å². The number of hydrogen-bond acceptors (Lipinski definition) is 6. The number of methoxy groups -OCH3 is 1. The summed E-state index contributed by atoms with van der Waals surface area (Å²) in [6, 6.07) is 9.07. The molecule has 0 aromatic heterocycles. The Hall–Kier alpha value is -2.25. The molecule has 0 N–H and O–H groups in total. The molecule has 2 aliphatic heterocycles. The van der Waals surface area contributed by atoms with Crippen molar-refractivity contribution < 1.29 is 28.6 Å². The lowest BCUT2D eigenvalue weighted by atomic mass is 9.63. The van der Waals surface area contributed by atoms with Gasteiger partial charge in [-0.3, -0.25) is 14.4 Å². The molecule has 0 bridgehead atoms. The van der Waals surface area contributed by atoms with Crippen LogP contribution in [0.2, 0.25) is 0 Å². The summed E-state index contributed by atoms with van der Waals surface area (Å²) >= 11 is 0. The molecule has 7 heteroatoms. The molecule has 2 heterocycles. The van der Waals surface area contributed by atoms with Crippen LogP contribution in [0.4, 0.5) is 0 Å². The van der Waals surface area contributed by atoms with Crippen molar-refractivity contribution in [1.82, 2.24) is 4.90 Å². The molecule has 3 fully saturated rings. The molecular formula is C20H23NO6. The second-order valence-electron chi connectivity index (χ2n) is 7.24. The summed E-state index contributed by atoms with van der Waals surface area (Å²) in [4.78, 5) is 40.7. The fourth-order valence-corrected chi connectivity index (χ4v) is 4.90. The van der Waals surface area contributed by atoms with Gasteiger partial charge in [-0.05, 0) is 6.92 Å². The van der Waals surface area contributed by atoms with Gasteiger partial charge in [0.15, 0.2) is 11.6 Å². The van der Waals surface area contributed by atoms with Crippen molar-refractivity contribution >= 4 is 17.7 Å². The molecule has 1 aliphatic carbocycles. The smallest absolute Gasteiger partial charge is 0.324 e. The van der Waals surface area contributed by atoms with Crippen molar-refractivity contribution in [2.75, 3.05) is 20.3 Å². The number of rotatable bonds is 4. The van der Waals surface area contributed by atoms with Gasteiger partial charge in [0.25, 0.3) is 0 Å². The summed E-state index contributed by atoms with van der Waals surface area (Å²) < 4.78 is 16.7. The summed E-state index contributed by atoms with van der Waals surface area (Å²) in [7, 11) is 1.43. The summed E-state index contributed by atoms with van der Waals surface area (Å²) in [5, 5.41) is 0. The largest absolute Gasteiger partial charge is 0.465 e. The van der Waals surface area contributed by atoms with Gasteiger partial charge in [-0.15, -0.1) is 0 Å². The van der Waals surface area contributed by atoms with Crippen LogP contribution in [0.25, 0.3) is 0 Å². The molecule has 1 amide bonds. The highest BCUT2D eigenvalue weighted by molar-refractivity contribution is 6.08. The molecule has 4 rings (SSSR count). The van der Waals surface area contributed by atoms with Crippen LogP contribution in [0.5, 0.6) is 0 Å². The van der Waals surface area contributed by atoms with Gasteiger partial charge in [-0.25, -0.2) is 0 Å². The Labute approximate surface area is 157 Å². The van der Waals surface area contributed by atoms with E-state index in [-0.39, 0.29) is 43.8 Å². The lowest BCUT2D eigenvalue weighted by Crippen LogP contribution is -2.57. The third-order valence-corrected chi connectivity index (χ3v) is 6.02. The van der Waals surface area contributed by atoms with E-state index in [4.69, 9.17) is 14.2 Å². The topological polar surface area (TPSA) is 82.1 Å². The Morgan fingerprint density at radius 1 is 1.26 bits per heavy atom. The van der Waals surface area contributed by atoms with E-state index in [1.54, 1.807) is 11.8 Å². The number of amides is 1. The van der Waals surface area contributed by atoms with Crippen molar-refractivity contribution in [2.45, 2.75) is 38.1 Å². The van der Waals surface area contributed by atoms with E-state index >= 15 is 0 Å². The van der Waals surface area contributed by atoms with E-state index in [0.717, 1.165) is 5.56 Å². The van der Waals surface area contributed by atoms with Gasteiger partial charge < -0.3 is 19.1 Å². The lowest BCUT2D eigenvalue weighted by molar-refractivity contribution is -0.181. The van der Waals surface area contributed by atoms with E-state index in [0.29, 0.717) is 0 Å². The average Bonchev–Trinajstić information content (AvgIpc) is 3.21. The highest BCUT2D eigenvalue weighted by atomic mass is 16.5. The number of hydrogen-bond donors (Lipinski definition) is 0. The number of ketones is 1. The number of benzene rings is 1. The van der Waals surface area contributed by atoms with Crippen molar-refractivity contribution in [3.8, 4) is 0 Å². The van der Waals surface area contributed by atoms with Crippen LogP contribution in [-0.4, -0.2) is 55.0 Å². The van der Waals surface area contributed by atoms with E-state index < -0.39 is 29.6 Å². The predicted molar refractivity (Wildman–Crippen MR) is 93.4 cm³/mol. The number of fused-ring (bicyclic) bond motifs is 3. The molecule has 1 aromatic rings. The van der Waals surface area contributed by atoms with Crippen LogP contribution in [0.3, 0.4) is 0 Å². The van der Waals surface area contributed by atoms with Crippen molar-refractivity contribution in [2.24, 2.45) is 11.3 Å². The first kappa shape index (κ1) is 18.1. The molecule has 5 atom stereocenters. The van der Waals surface area contributed by atoms with Crippen LogP contribution in [0, 0.1) is 11.3 Å². The number of carbonyl (C=O) groups is 3. The molecule has 2 saturated heterocycles. The maximum absolute atomic E-state index is 13.7. The van der Waals surface area contributed by atoms with Crippen LogP contribution >= 0.6 is 0 Å². The maximum atomic E-state index is 13.7. The van der Waals surface area contributed by atoms with Gasteiger partial charge in [0.2, 0.25) is 5.91 Å². The quantitative estimate of drug-likeness (QED) is 0.587. The molecule has 1 saturated carbocycles. The first-order valence-corrected chi connectivity index (χ1v) is 9.26. The standard InChI is InChI=1S/C20H23NO6/c1-3-26-19(24)20-14(9-13(22)10-16(20)25-2)15-11-27-17(21(15)18(20)23)12-7-5-4-6-8-12/h4-8,14-17H,3,9-11H2,1-2H3/t14-,15-,16-,17-,20-/m1/s1. The first-order chi connectivity index (χ1) is 13.1. The Morgan fingerprint density at radius 2 is 2.00 bits per heavy atom. The molecule has 7 nitrogen and oxygen atoms in total. The monoisotopic (exact) mass is 373 g/mol. The van der Waals surface area contributed by atoms with E-state index in [1.807, 2.05) is 30.3 Å². The van der Waals surface area contributed by atoms with E-state index in [9.17, 15) is 14.4 Å². The van der Waals surface area contributed by atoms with E-state index in [1.165, 1.54) is 7.11 Å². The zero-order valence-electron chi connectivity index (χ0n) is 15.4. The second kappa shape index (κ2) is 6.73. The summed E-state index contributed by atoms with van der Waals surface area (Å²) in [6.07, 6.45) is -1.21. The summed E-state index contributed by atoms with van der Waals surface area (Å²) in [5.74, 6) is -1.48. The van der Waals surface area contributed by atoms with Gasteiger partial charge in [0, 0.05) is 31.4 Å². The minimum atomic E-state index is -1.49. The normalized spacial score (nSPS) is 35.1. The molecule has 3 aliphatic rings. The van der Waals surface area contributed by atoms with E-state index in [2.05, 4.69) is 0 Å². The van der Waals surface area contributed by atoms with Gasteiger partial charge in [0.1, 0.15) is 5.78 Å². The maximum Gasteiger partial charge on any atom is 0.324 e. The van der Waals surface area contributed by atoms with Crippen LogP contribution in [-0.2, 0) is 28.6 Å². The number of nitrogens with zero attached hydrogens (tertiary/aromatic N) is 1. The Morgan fingerprint density at radius 3 is 2.67 bits per heavy atom. The lowest BCUT2D eigenvalue weighted by Gasteiger charge is -2.40. The fraction of sp³-hybridized carbons (Fsp3) is 0.550. The first-order valence-electron chi connectivity index (χ1n) is 9.26. The number of esters is 1. The fourth-order valence-electron chi connectivity index (χ4n) is 4.90. The number of ether oxygens (including phenoxy) is 3. The summed E-state index contributed by atoms with van der Waals surface area (Å²) in [6.45, 7) is 2.14. The minimum Gasteiger partial charge on any atom is -0.465 e. The van der Waals surface area contributed by atoms with Crippen LogP contribution in [0.1, 0.15) is 31.6 Å². The number of carbonyl (C=O) groups excluding carboxylic acids is 3. The zero-order valence-corrected chi connectivity index (χ0v) is 15.4. The van der Waals surface area contributed by atoms with Gasteiger partial charge in [0.05, 0.1) is 25.4 Å². The molecule has 0 radical (unpaired) electrons. The molecular weight excluding hydrogens is 350 g/mol. The molecule has 0 spiro atoms. The highest BCUT2D eigenvalue weighted by Crippen LogP contribution is 2.56. The Kier molecular flexibility index (Phi) is 4.52. The van der Waals surface area contributed by atoms with Gasteiger partial charge in [-0.2, -0.15) is 0 Å². The summed E-state index contributed by atoms with van der Waals surface area (Å²) in [5.41, 5.74) is -0.647. The van der Waals surface area contributed by atoms with Crippen molar-refractivity contribution in [1.29, 1.82) is 0 Å². The Bertz CT molecular complexity index is 765. The average molecular weight is 373 g/mol. The molecule has 0 unspecified atom stereocenters. The molecule has 1 aromatic carbocycles. The Balaban J connectivity index is 1.80. The third-order valence-electron chi connectivity index (χ3n) is 6.02. The third kappa shape index (κ3) is 2.45. The van der Waals surface area contributed by atoms with Gasteiger partial charge >= 0.3 is 5.97 Å². The minimum absolute atomic E-state index is 0.00964. The number of Topliss-reactive ketones (excluding diaryl/α,β-unsaturated/α-hetero) is 1. The zero-order chi connectivity index (χ0) is 19.2.